The molecule has 0 saturated heterocycles. The third-order valence-electron chi connectivity index (χ3n) is 3.61. The predicted molar refractivity (Wildman–Crippen MR) is 98.9 cm³/mol. The zero-order valence-electron chi connectivity index (χ0n) is 14.7. The number of halogens is 1. The highest BCUT2D eigenvalue weighted by molar-refractivity contribution is 7.92. The van der Waals surface area contributed by atoms with Gasteiger partial charge in [0.2, 0.25) is 5.91 Å². The predicted octanol–water partition coefficient (Wildman–Crippen LogP) is 1.70. The third-order valence-corrected chi connectivity index (χ3v) is 5.40. The molecule has 0 unspecified atom stereocenters. The first-order valence-electron chi connectivity index (χ1n) is 8.05. The molecule has 1 amide bonds. The average molecular weight is 379 g/mol. The summed E-state index contributed by atoms with van der Waals surface area (Å²) in [6.07, 6.45) is 0. The van der Waals surface area contributed by atoms with Crippen LogP contribution < -0.4 is 9.62 Å². The lowest BCUT2D eigenvalue weighted by Crippen LogP contribution is -2.42. The number of amides is 1. The molecule has 1 N–H and O–H groups in total. The minimum absolute atomic E-state index is 0.0798. The number of anilines is 1. The molecule has 2 aromatic rings. The molecule has 0 atom stereocenters. The SMILES string of the molecule is CN(C)CCNC(=O)CN(c1ccccc1)S(=O)(=O)c1ccc(F)cc1. The van der Waals surface area contributed by atoms with Crippen LogP contribution >= 0.6 is 0 Å². The van der Waals surface area contributed by atoms with Crippen LogP contribution in [0.1, 0.15) is 0 Å². The number of benzene rings is 2. The van der Waals surface area contributed by atoms with E-state index in [1.807, 2.05) is 19.0 Å². The van der Waals surface area contributed by atoms with Crippen LogP contribution in [-0.2, 0) is 14.8 Å². The third kappa shape index (κ3) is 5.27. The highest BCUT2D eigenvalue weighted by atomic mass is 32.2. The van der Waals surface area contributed by atoms with Gasteiger partial charge in [0.05, 0.1) is 10.6 Å². The molecule has 0 aliphatic carbocycles. The van der Waals surface area contributed by atoms with Gasteiger partial charge in [-0.1, -0.05) is 18.2 Å². The molecule has 0 saturated carbocycles. The molecule has 0 heterocycles. The fraction of sp³-hybridized carbons (Fsp3) is 0.278. The second-order valence-corrected chi connectivity index (χ2v) is 7.82. The zero-order chi connectivity index (χ0) is 19.2. The summed E-state index contributed by atoms with van der Waals surface area (Å²) in [5.41, 5.74) is 0.361. The van der Waals surface area contributed by atoms with Crippen LogP contribution in [0, 0.1) is 5.82 Å². The van der Waals surface area contributed by atoms with Gasteiger partial charge in [0.1, 0.15) is 12.4 Å². The number of sulfonamides is 1. The average Bonchev–Trinajstić information content (AvgIpc) is 2.60. The molecule has 2 aromatic carbocycles. The highest BCUT2D eigenvalue weighted by Gasteiger charge is 2.27. The molecule has 8 heteroatoms. The van der Waals surface area contributed by atoms with Crippen molar-refractivity contribution in [2.24, 2.45) is 0 Å². The van der Waals surface area contributed by atoms with Crippen LogP contribution in [0.5, 0.6) is 0 Å². The van der Waals surface area contributed by atoms with E-state index in [2.05, 4.69) is 5.32 Å². The molecule has 0 spiro atoms. The van der Waals surface area contributed by atoms with Gasteiger partial charge in [-0.3, -0.25) is 9.10 Å². The fourth-order valence-electron chi connectivity index (χ4n) is 2.25. The Hall–Kier alpha value is -2.45. The van der Waals surface area contributed by atoms with E-state index in [1.165, 1.54) is 12.1 Å². The van der Waals surface area contributed by atoms with Gasteiger partial charge in [0.15, 0.2) is 0 Å². The summed E-state index contributed by atoms with van der Waals surface area (Å²) < 4.78 is 40.1. The molecule has 6 nitrogen and oxygen atoms in total. The molecule has 26 heavy (non-hydrogen) atoms. The zero-order valence-corrected chi connectivity index (χ0v) is 15.5. The van der Waals surface area contributed by atoms with Crippen molar-refractivity contribution >= 4 is 21.6 Å². The summed E-state index contributed by atoms with van der Waals surface area (Å²) in [5, 5.41) is 2.70. The van der Waals surface area contributed by atoms with Gasteiger partial charge >= 0.3 is 0 Å². The van der Waals surface area contributed by atoms with E-state index in [9.17, 15) is 17.6 Å². The lowest BCUT2D eigenvalue weighted by Gasteiger charge is -2.24. The number of carbonyl (C=O) groups is 1. The molecular weight excluding hydrogens is 357 g/mol. The quantitative estimate of drug-likeness (QED) is 0.758. The maximum absolute atomic E-state index is 13.1. The molecule has 0 aromatic heterocycles. The molecular formula is C18H22FN3O3S. The minimum atomic E-state index is -4.01. The van der Waals surface area contributed by atoms with E-state index in [4.69, 9.17) is 0 Å². The van der Waals surface area contributed by atoms with E-state index < -0.39 is 21.7 Å². The summed E-state index contributed by atoms with van der Waals surface area (Å²) in [5.74, 6) is -0.946. The lowest BCUT2D eigenvalue weighted by atomic mass is 10.3. The van der Waals surface area contributed by atoms with Gasteiger partial charge in [-0.2, -0.15) is 0 Å². The Balaban J connectivity index is 2.27. The molecule has 2 rings (SSSR count). The van der Waals surface area contributed by atoms with E-state index in [0.717, 1.165) is 16.4 Å². The molecule has 140 valence electrons. The summed E-state index contributed by atoms with van der Waals surface area (Å²) >= 11 is 0. The second-order valence-electron chi connectivity index (χ2n) is 5.95. The monoisotopic (exact) mass is 379 g/mol. The van der Waals surface area contributed by atoms with Gasteiger partial charge < -0.3 is 10.2 Å². The Morgan fingerprint density at radius 2 is 1.65 bits per heavy atom. The second kappa shape index (κ2) is 8.77. The van der Waals surface area contributed by atoms with Gasteiger partial charge in [-0.25, -0.2) is 12.8 Å². The smallest absolute Gasteiger partial charge is 0.264 e. The number of para-hydroxylation sites is 1. The molecule has 0 aliphatic heterocycles. The van der Waals surface area contributed by atoms with Crippen molar-refractivity contribution in [1.29, 1.82) is 0 Å². The minimum Gasteiger partial charge on any atom is -0.353 e. The van der Waals surface area contributed by atoms with Crippen molar-refractivity contribution in [2.45, 2.75) is 4.90 Å². The van der Waals surface area contributed by atoms with E-state index >= 15 is 0 Å². The highest BCUT2D eigenvalue weighted by Crippen LogP contribution is 2.23. The number of rotatable bonds is 8. The van der Waals surface area contributed by atoms with Crippen molar-refractivity contribution in [3.8, 4) is 0 Å². The lowest BCUT2D eigenvalue weighted by molar-refractivity contribution is -0.119. The first-order valence-corrected chi connectivity index (χ1v) is 9.49. The number of nitrogens with zero attached hydrogens (tertiary/aromatic N) is 2. The summed E-state index contributed by atoms with van der Waals surface area (Å²) in [4.78, 5) is 14.1. The Labute approximate surface area is 153 Å². The Morgan fingerprint density at radius 1 is 1.04 bits per heavy atom. The standard InChI is InChI=1S/C18H22FN3O3S/c1-21(2)13-12-20-18(23)14-22(16-6-4-3-5-7-16)26(24,25)17-10-8-15(19)9-11-17/h3-11H,12-14H2,1-2H3,(H,20,23). The summed E-state index contributed by atoms with van der Waals surface area (Å²) in [6, 6.07) is 12.9. The Kier molecular flexibility index (Phi) is 6.70. The maximum atomic E-state index is 13.1. The van der Waals surface area contributed by atoms with Gasteiger partial charge in [0, 0.05) is 13.1 Å². The Morgan fingerprint density at radius 3 is 2.23 bits per heavy atom. The summed E-state index contributed by atoms with van der Waals surface area (Å²) in [7, 11) is -0.259. The van der Waals surface area contributed by atoms with Crippen LogP contribution in [0.25, 0.3) is 0 Å². The van der Waals surface area contributed by atoms with Gasteiger partial charge in [-0.15, -0.1) is 0 Å². The van der Waals surface area contributed by atoms with Gasteiger partial charge in [-0.05, 0) is 50.5 Å². The number of carbonyl (C=O) groups excluding carboxylic acids is 1. The van der Waals surface area contributed by atoms with Crippen LogP contribution in [0.2, 0.25) is 0 Å². The normalized spacial score (nSPS) is 11.4. The van der Waals surface area contributed by atoms with Crippen molar-refractivity contribution in [2.75, 3.05) is 38.0 Å². The number of nitrogens with one attached hydrogen (secondary N) is 1. The van der Waals surface area contributed by atoms with Crippen molar-refractivity contribution in [3.05, 3.63) is 60.4 Å². The van der Waals surface area contributed by atoms with Crippen LogP contribution in [0.3, 0.4) is 0 Å². The molecule has 0 aliphatic rings. The van der Waals surface area contributed by atoms with Gasteiger partial charge in [0.25, 0.3) is 10.0 Å². The number of likely N-dealkylation sites (N-methyl/N-ethyl adjacent to an activating group) is 1. The first-order chi connectivity index (χ1) is 12.3. The van der Waals surface area contributed by atoms with Crippen LogP contribution in [-0.4, -0.2) is 53.0 Å². The van der Waals surface area contributed by atoms with E-state index in [1.54, 1.807) is 30.3 Å². The van der Waals surface area contributed by atoms with E-state index in [-0.39, 0.29) is 11.4 Å². The fourth-order valence-corrected chi connectivity index (χ4v) is 3.67. The number of hydrogen-bond acceptors (Lipinski definition) is 4. The Bertz CT molecular complexity index is 825. The largest absolute Gasteiger partial charge is 0.353 e. The summed E-state index contributed by atoms with van der Waals surface area (Å²) in [6.45, 7) is 0.685. The van der Waals surface area contributed by atoms with Crippen molar-refractivity contribution < 1.29 is 17.6 Å². The molecule has 0 fully saturated rings. The topological polar surface area (TPSA) is 69.7 Å². The van der Waals surface area contributed by atoms with Crippen LogP contribution in [0.15, 0.2) is 59.5 Å². The van der Waals surface area contributed by atoms with Crippen molar-refractivity contribution in [1.82, 2.24) is 10.2 Å². The number of hydrogen-bond donors (Lipinski definition) is 1. The van der Waals surface area contributed by atoms with Crippen LogP contribution in [0.4, 0.5) is 10.1 Å². The molecule has 0 bridgehead atoms. The van der Waals surface area contributed by atoms with Crippen molar-refractivity contribution in [3.63, 3.8) is 0 Å². The first kappa shape index (κ1) is 19.9. The van der Waals surface area contributed by atoms with E-state index in [0.29, 0.717) is 18.8 Å². The maximum Gasteiger partial charge on any atom is 0.264 e. The molecule has 0 radical (unpaired) electrons.